The lowest BCUT2D eigenvalue weighted by atomic mass is 10.2. The van der Waals surface area contributed by atoms with Gasteiger partial charge in [-0.1, -0.05) is 0 Å². The summed E-state index contributed by atoms with van der Waals surface area (Å²) < 4.78 is 0. The molecular formula is C13H12N2O3S2. The summed E-state index contributed by atoms with van der Waals surface area (Å²) in [5, 5.41) is 8.38. The first-order valence-corrected chi connectivity index (χ1v) is 7.53. The van der Waals surface area contributed by atoms with Gasteiger partial charge < -0.3 is 10.6 Å². The number of thiophene rings is 2. The Kier molecular flexibility index (Phi) is 4.65. The minimum Gasteiger partial charge on any atom is -0.351 e. The first-order chi connectivity index (χ1) is 9.61. The van der Waals surface area contributed by atoms with Crippen LogP contribution in [0.15, 0.2) is 29.0 Å². The Morgan fingerprint density at radius 1 is 1.15 bits per heavy atom. The first-order valence-electron chi connectivity index (χ1n) is 5.77. The molecule has 5 nitrogen and oxygen atoms in total. The zero-order valence-electron chi connectivity index (χ0n) is 10.6. The molecule has 0 saturated carbocycles. The molecule has 2 aromatic heterocycles. The number of rotatable bonds is 4. The van der Waals surface area contributed by atoms with Crippen LogP contribution in [0.25, 0.3) is 0 Å². The Morgan fingerprint density at radius 3 is 2.60 bits per heavy atom. The predicted molar refractivity (Wildman–Crippen MR) is 78.0 cm³/mol. The van der Waals surface area contributed by atoms with Crippen LogP contribution in [0.2, 0.25) is 0 Å². The summed E-state index contributed by atoms with van der Waals surface area (Å²) in [6.45, 7) is 0.230. The van der Waals surface area contributed by atoms with E-state index in [1.807, 2.05) is 5.38 Å². The van der Waals surface area contributed by atoms with Crippen LogP contribution >= 0.6 is 22.7 Å². The Labute approximate surface area is 123 Å². The normalized spacial score (nSPS) is 10.1. The molecule has 0 aliphatic rings. The van der Waals surface area contributed by atoms with Crippen LogP contribution in [-0.2, 0) is 16.1 Å². The monoisotopic (exact) mass is 308 g/mol. The largest absolute Gasteiger partial charge is 0.351 e. The summed E-state index contributed by atoms with van der Waals surface area (Å²) in [5.74, 6) is -1.40. The van der Waals surface area contributed by atoms with Crippen LogP contribution in [0.4, 0.5) is 0 Å². The van der Waals surface area contributed by atoms with Crippen molar-refractivity contribution in [1.82, 2.24) is 10.6 Å². The molecule has 2 amide bonds. The number of likely N-dealkylation sites (N-methyl/N-ethyl adjacent to an activating group) is 1. The molecule has 0 aliphatic carbocycles. The molecule has 0 aromatic carbocycles. The molecule has 0 aliphatic heterocycles. The maximum absolute atomic E-state index is 12.1. The van der Waals surface area contributed by atoms with Crippen molar-refractivity contribution in [2.24, 2.45) is 0 Å². The van der Waals surface area contributed by atoms with Gasteiger partial charge in [0.2, 0.25) is 5.78 Å². The summed E-state index contributed by atoms with van der Waals surface area (Å²) in [6, 6.07) is 5.28. The molecule has 104 valence electrons. The van der Waals surface area contributed by atoms with Crippen LogP contribution in [0.1, 0.15) is 20.1 Å². The van der Waals surface area contributed by atoms with Gasteiger partial charge in [0.05, 0.1) is 11.4 Å². The summed E-state index contributed by atoms with van der Waals surface area (Å²) in [6.07, 6.45) is 0. The van der Waals surface area contributed by atoms with Crippen LogP contribution in [-0.4, -0.2) is 24.6 Å². The highest BCUT2D eigenvalue weighted by molar-refractivity contribution is 7.14. The van der Waals surface area contributed by atoms with E-state index in [0.717, 1.165) is 4.88 Å². The predicted octanol–water partition coefficient (Wildman–Crippen LogP) is 1.40. The lowest BCUT2D eigenvalue weighted by Crippen LogP contribution is -2.37. The summed E-state index contributed by atoms with van der Waals surface area (Å²) in [4.78, 5) is 35.8. The highest BCUT2D eigenvalue weighted by atomic mass is 32.1. The van der Waals surface area contributed by atoms with E-state index in [4.69, 9.17) is 0 Å². The third-order valence-electron chi connectivity index (χ3n) is 2.53. The molecule has 2 heterocycles. The molecule has 20 heavy (non-hydrogen) atoms. The number of ketones is 1. The fourth-order valence-electron chi connectivity index (χ4n) is 1.49. The molecule has 0 spiro atoms. The third-order valence-corrected chi connectivity index (χ3v) is 4.29. The van der Waals surface area contributed by atoms with Gasteiger partial charge in [-0.15, -0.1) is 11.3 Å². The zero-order valence-corrected chi connectivity index (χ0v) is 12.3. The first kappa shape index (κ1) is 14.4. The van der Waals surface area contributed by atoms with Gasteiger partial charge in [-0.05, 0) is 23.6 Å². The molecule has 7 heteroatoms. The van der Waals surface area contributed by atoms with Gasteiger partial charge in [0.15, 0.2) is 0 Å². The van der Waals surface area contributed by atoms with Gasteiger partial charge in [-0.2, -0.15) is 11.3 Å². The molecule has 0 fully saturated rings. The highest BCUT2D eigenvalue weighted by Gasteiger charge is 2.14. The van der Waals surface area contributed by atoms with E-state index in [2.05, 4.69) is 10.6 Å². The lowest BCUT2D eigenvalue weighted by Gasteiger charge is -2.01. The summed E-state index contributed by atoms with van der Waals surface area (Å²) >= 11 is 2.78. The number of hydrogen-bond acceptors (Lipinski definition) is 5. The van der Waals surface area contributed by atoms with Crippen LogP contribution in [0.5, 0.6) is 0 Å². The van der Waals surface area contributed by atoms with E-state index in [1.54, 1.807) is 23.6 Å². The van der Waals surface area contributed by atoms with Gasteiger partial charge >= 0.3 is 11.8 Å². The minimum absolute atomic E-state index is 0.0277. The standard InChI is InChI=1S/C13H12N2O3S2/c1-14-12(17)13(18)15-6-9-2-3-10(20-9)11(16)8-4-5-19-7-8/h2-5,7H,6H2,1H3,(H,14,17)(H,15,18). The smallest absolute Gasteiger partial charge is 0.309 e. The van der Waals surface area contributed by atoms with Crippen molar-refractivity contribution in [2.45, 2.75) is 6.54 Å². The second kappa shape index (κ2) is 6.44. The molecular weight excluding hydrogens is 296 g/mol. The third kappa shape index (κ3) is 3.31. The topological polar surface area (TPSA) is 75.3 Å². The quantitative estimate of drug-likeness (QED) is 0.662. The van der Waals surface area contributed by atoms with Gasteiger partial charge in [-0.25, -0.2) is 0 Å². The van der Waals surface area contributed by atoms with Crippen molar-refractivity contribution in [3.05, 3.63) is 44.3 Å². The van der Waals surface area contributed by atoms with Crippen molar-refractivity contribution >= 4 is 40.3 Å². The molecule has 0 unspecified atom stereocenters. The van der Waals surface area contributed by atoms with Gasteiger partial charge in [0.1, 0.15) is 0 Å². The van der Waals surface area contributed by atoms with Crippen molar-refractivity contribution in [2.75, 3.05) is 7.05 Å². The van der Waals surface area contributed by atoms with E-state index >= 15 is 0 Å². The number of carbonyl (C=O) groups is 3. The van der Waals surface area contributed by atoms with Crippen LogP contribution < -0.4 is 10.6 Å². The molecule has 0 radical (unpaired) electrons. The highest BCUT2D eigenvalue weighted by Crippen LogP contribution is 2.21. The lowest BCUT2D eigenvalue weighted by molar-refractivity contribution is -0.138. The Hall–Kier alpha value is -1.99. The Morgan fingerprint density at radius 2 is 1.95 bits per heavy atom. The van der Waals surface area contributed by atoms with Crippen LogP contribution in [0, 0.1) is 0 Å². The van der Waals surface area contributed by atoms with Gasteiger partial charge in [-0.3, -0.25) is 14.4 Å². The van der Waals surface area contributed by atoms with Gasteiger partial charge in [0, 0.05) is 22.9 Å². The average molecular weight is 308 g/mol. The number of amides is 2. The van der Waals surface area contributed by atoms with E-state index in [0.29, 0.717) is 10.4 Å². The van der Waals surface area contributed by atoms with E-state index in [-0.39, 0.29) is 12.3 Å². The Balaban J connectivity index is 1.98. The summed E-state index contributed by atoms with van der Waals surface area (Å²) in [5.41, 5.74) is 0.665. The molecule has 0 atom stereocenters. The SMILES string of the molecule is CNC(=O)C(=O)NCc1ccc(C(=O)c2ccsc2)s1. The maximum Gasteiger partial charge on any atom is 0.309 e. The van der Waals surface area contributed by atoms with Crippen molar-refractivity contribution in [3.8, 4) is 0 Å². The second-order valence-corrected chi connectivity index (χ2v) is 5.82. The minimum atomic E-state index is -0.688. The molecule has 2 aromatic rings. The Bertz CT molecular complexity index is 632. The number of nitrogens with one attached hydrogen (secondary N) is 2. The molecule has 2 rings (SSSR count). The second-order valence-electron chi connectivity index (χ2n) is 3.87. The zero-order chi connectivity index (χ0) is 14.5. The molecule has 0 saturated heterocycles. The van der Waals surface area contributed by atoms with E-state index in [1.165, 1.54) is 29.7 Å². The fraction of sp³-hybridized carbons (Fsp3) is 0.154. The van der Waals surface area contributed by atoms with Crippen LogP contribution in [0.3, 0.4) is 0 Å². The molecule has 2 N–H and O–H groups in total. The summed E-state index contributed by atoms with van der Waals surface area (Å²) in [7, 11) is 1.39. The average Bonchev–Trinajstić information content (AvgIpc) is 3.14. The number of carbonyl (C=O) groups excluding carboxylic acids is 3. The molecule has 0 bridgehead atoms. The van der Waals surface area contributed by atoms with E-state index < -0.39 is 11.8 Å². The van der Waals surface area contributed by atoms with Gasteiger partial charge in [0.25, 0.3) is 0 Å². The van der Waals surface area contributed by atoms with Crippen molar-refractivity contribution in [3.63, 3.8) is 0 Å². The fourth-order valence-corrected chi connectivity index (χ4v) is 3.04. The van der Waals surface area contributed by atoms with Crippen molar-refractivity contribution < 1.29 is 14.4 Å². The van der Waals surface area contributed by atoms with E-state index in [9.17, 15) is 14.4 Å². The maximum atomic E-state index is 12.1. The number of hydrogen-bond donors (Lipinski definition) is 2. The van der Waals surface area contributed by atoms with Crippen molar-refractivity contribution in [1.29, 1.82) is 0 Å².